The van der Waals surface area contributed by atoms with Gasteiger partial charge in [0.1, 0.15) is 5.76 Å². The van der Waals surface area contributed by atoms with Gasteiger partial charge < -0.3 is 4.42 Å². The van der Waals surface area contributed by atoms with Crippen molar-refractivity contribution in [2.24, 2.45) is 0 Å². The molecular weight excluding hydrogens is 182 g/mol. The summed E-state index contributed by atoms with van der Waals surface area (Å²) in [5, 5.41) is 0. The first-order valence-corrected chi connectivity index (χ1v) is 4.05. The largest absolute Gasteiger partial charge is 0.419 e. The van der Waals surface area contributed by atoms with E-state index in [-0.39, 0.29) is 5.76 Å². The molecule has 0 fully saturated rings. The molecule has 0 bridgehead atoms. The van der Waals surface area contributed by atoms with Gasteiger partial charge in [0.25, 0.3) is 5.56 Å². The molecule has 0 aliphatic carbocycles. The van der Waals surface area contributed by atoms with Crippen molar-refractivity contribution < 1.29 is 4.42 Å². The summed E-state index contributed by atoms with van der Waals surface area (Å²) < 4.78 is 4.83. The standard InChI is InChI=1S/C10H7NO3/c12-9-6-8(14-10(13)11-9)7-4-2-1-3-5-7/h1-6H,(H,11,12,13). The summed E-state index contributed by atoms with van der Waals surface area (Å²) in [6.07, 6.45) is 0. The lowest BCUT2D eigenvalue weighted by Gasteiger charge is -1.96. The Morgan fingerprint density at radius 3 is 2.43 bits per heavy atom. The third-order valence-corrected chi connectivity index (χ3v) is 1.75. The third-order valence-electron chi connectivity index (χ3n) is 1.75. The minimum atomic E-state index is -0.739. The minimum Gasteiger partial charge on any atom is -0.409 e. The Kier molecular flexibility index (Phi) is 2.02. The Hall–Kier alpha value is -2.10. The topological polar surface area (TPSA) is 63.1 Å². The molecule has 2 aromatic rings. The summed E-state index contributed by atoms with van der Waals surface area (Å²) in [7, 11) is 0. The van der Waals surface area contributed by atoms with E-state index in [4.69, 9.17) is 4.42 Å². The van der Waals surface area contributed by atoms with Crippen molar-refractivity contribution in [3.63, 3.8) is 0 Å². The molecule has 14 heavy (non-hydrogen) atoms. The summed E-state index contributed by atoms with van der Waals surface area (Å²) in [6.45, 7) is 0. The molecule has 0 saturated heterocycles. The maximum atomic E-state index is 11.0. The van der Waals surface area contributed by atoms with Gasteiger partial charge in [0.2, 0.25) is 0 Å². The van der Waals surface area contributed by atoms with Gasteiger partial charge in [-0.25, -0.2) is 4.79 Å². The average Bonchev–Trinajstić information content (AvgIpc) is 2.18. The van der Waals surface area contributed by atoms with Crippen LogP contribution in [0.1, 0.15) is 0 Å². The number of nitrogens with one attached hydrogen (secondary N) is 1. The molecule has 4 heteroatoms. The van der Waals surface area contributed by atoms with Crippen LogP contribution in [-0.4, -0.2) is 4.98 Å². The third kappa shape index (κ3) is 1.64. The molecule has 70 valence electrons. The van der Waals surface area contributed by atoms with Crippen LogP contribution in [0.5, 0.6) is 0 Å². The molecule has 4 nitrogen and oxygen atoms in total. The SMILES string of the molecule is O=c1cc(-c2ccccc2)oc(=O)[nH]1. The zero-order valence-corrected chi connectivity index (χ0v) is 7.19. The van der Waals surface area contributed by atoms with Gasteiger partial charge in [-0.15, -0.1) is 0 Å². The second-order valence-corrected chi connectivity index (χ2v) is 2.75. The Balaban J connectivity index is 2.64. The van der Waals surface area contributed by atoms with Crippen molar-refractivity contribution in [3.8, 4) is 11.3 Å². The van der Waals surface area contributed by atoms with E-state index in [1.165, 1.54) is 6.07 Å². The van der Waals surface area contributed by atoms with E-state index in [1.54, 1.807) is 24.3 Å². The Morgan fingerprint density at radius 1 is 1.07 bits per heavy atom. The molecule has 1 aromatic heterocycles. The summed E-state index contributed by atoms with van der Waals surface area (Å²) >= 11 is 0. The minimum absolute atomic E-state index is 0.277. The maximum Gasteiger partial charge on any atom is 0.419 e. The van der Waals surface area contributed by atoms with Crippen molar-refractivity contribution >= 4 is 0 Å². The first kappa shape index (κ1) is 8.50. The number of aromatic amines is 1. The summed E-state index contributed by atoms with van der Waals surface area (Å²) in [6, 6.07) is 10.2. The van der Waals surface area contributed by atoms with Gasteiger partial charge in [-0.05, 0) is 0 Å². The van der Waals surface area contributed by atoms with Gasteiger partial charge in [0, 0.05) is 11.6 Å². The number of hydrogen-bond donors (Lipinski definition) is 1. The molecule has 0 aliphatic heterocycles. The fraction of sp³-hybridized carbons (Fsp3) is 0. The second kappa shape index (κ2) is 3.33. The van der Waals surface area contributed by atoms with Gasteiger partial charge in [-0.3, -0.25) is 9.78 Å². The van der Waals surface area contributed by atoms with E-state index >= 15 is 0 Å². The van der Waals surface area contributed by atoms with Crippen LogP contribution in [0, 0.1) is 0 Å². The lowest BCUT2D eigenvalue weighted by Crippen LogP contribution is -2.17. The zero-order chi connectivity index (χ0) is 9.97. The predicted octanol–water partition coefficient (Wildman–Crippen LogP) is 0.995. The zero-order valence-electron chi connectivity index (χ0n) is 7.19. The molecule has 0 spiro atoms. The number of benzene rings is 1. The molecule has 1 aromatic carbocycles. The van der Waals surface area contributed by atoms with E-state index in [9.17, 15) is 9.59 Å². The molecule has 0 atom stereocenters. The first-order valence-electron chi connectivity index (χ1n) is 4.05. The number of aromatic nitrogens is 1. The summed E-state index contributed by atoms with van der Waals surface area (Å²) in [4.78, 5) is 23.8. The van der Waals surface area contributed by atoms with Gasteiger partial charge in [-0.1, -0.05) is 30.3 Å². The first-order chi connectivity index (χ1) is 6.75. The number of hydrogen-bond acceptors (Lipinski definition) is 3. The summed E-state index contributed by atoms with van der Waals surface area (Å²) in [5.41, 5.74) is 0.246. The van der Waals surface area contributed by atoms with Crippen LogP contribution in [-0.2, 0) is 0 Å². The van der Waals surface area contributed by atoms with Crippen LogP contribution in [0.4, 0.5) is 0 Å². The Labute approximate surface area is 78.8 Å². The fourth-order valence-electron chi connectivity index (χ4n) is 1.16. The smallest absolute Gasteiger partial charge is 0.409 e. The monoisotopic (exact) mass is 189 g/mol. The van der Waals surface area contributed by atoms with Crippen LogP contribution in [0.2, 0.25) is 0 Å². The quantitative estimate of drug-likeness (QED) is 0.727. The molecule has 0 unspecified atom stereocenters. The molecule has 1 heterocycles. The van der Waals surface area contributed by atoms with E-state index in [0.29, 0.717) is 5.56 Å². The molecule has 2 rings (SSSR count). The van der Waals surface area contributed by atoms with Crippen LogP contribution in [0.15, 0.2) is 50.4 Å². The maximum absolute atomic E-state index is 11.0. The van der Waals surface area contributed by atoms with Crippen molar-refractivity contribution in [2.75, 3.05) is 0 Å². The number of rotatable bonds is 1. The molecule has 0 amide bonds. The molecule has 0 saturated carbocycles. The fourth-order valence-corrected chi connectivity index (χ4v) is 1.16. The average molecular weight is 189 g/mol. The van der Waals surface area contributed by atoms with Crippen LogP contribution in [0.3, 0.4) is 0 Å². The van der Waals surface area contributed by atoms with Gasteiger partial charge >= 0.3 is 5.76 Å². The highest BCUT2D eigenvalue weighted by Crippen LogP contribution is 2.14. The Morgan fingerprint density at radius 2 is 1.79 bits per heavy atom. The van der Waals surface area contributed by atoms with E-state index in [1.807, 2.05) is 11.1 Å². The lowest BCUT2D eigenvalue weighted by molar-refractivity contribution is 0.494. The molecular formula is C10H7NO3. The molecule has 0 aliphatic rings. The van der Waals surface area contributed by atoms with Crippen LogP contribution in [0.25, 0.3) is 11.3 Å². The normalized spacial score (nSPS) is 10.0. The van der Waals surface area contributed by atoms with Gasteiger partial charge in [-0.2, -0.15) is 0 Å². The van der Waals surface area contributed by atoms with Crippen molar-refractivity contribution in [2.45, 2.75) is 0 Å². The van der Waals surface area contributed by atoms with Gasteiger partial charge in [0.15, 0.2) is 0 Å². The van der Waals surface area contributed by atoms with Crippen LogP contribution >= 0.6 is 0 Å². The number of H-pyrrole nitrogens is 1. The van der Waals surface area contributed by atoms with Crippen LogP contribution < -0.4 is 11.3 Å². The molecule has 0 radical (unpaired) electrons. The van der Waals surface area contributed by atoms with E-state index in [0.717, 1.165) is 0 Å². The van der Waals surface area contributed by atoms with E-state index < -0.39 is 11.3 Å². The highest BCUT2D eigenvalue weighted by atomic mass is 16.4. The van der Waals surface area contributed by atoms with Gasteiger partial charge in [0.05, 0.1) is 0 Å². The highest BCUT2D eigenvalue weighted by molar-refractivity contribution is 5.55. The van der Waals surface area contributed by atoms with Crippen molar-refractivity contribution in [1.82, 2.24) is 4.98 Å². The predicted molar refractivity (Wildman–Crippen MR) is 51.0 cm³/mol. The van der Waals surface area contributed by atoms with Crippen molar-refractivity contribution in [1.29, 1.82) is 0 Å². The Bertz CT molecular complexity index is 511. The summed E-state index contributed by atoms with van der Waals surface area (Å²) in [5.74, 6) is -0.462. The second-order valence-electron chi connectivity index (χ2n) is 2.75. The highest BCUT2D eigenvalue weighted by Gasteiger charge is 2.01. The molecule has 1 N–H and O–H groups in total. The lowest BCUT2D eigenvalue weighted by atomic mass is 10.2. The van der Waals surface area contributed by atoms with Crippen molar-refractivity contribution in [3.05, 3.63) is 57.3 Å². The van der Waals surface area contributed by atoms with E-state index in [2.05, 4.69) is 0 Å².